The SMILES string of the molecule is CNCCCCCC(=O)NC(CO)CO. The molecule has 0 radical (unpaired) electrons. The molecule has 1 amide bonds. The van der Waals surface area contributed by atoms with Crippen molar-refractivity contribution >= 4 is 5.91 Å². The van der Waals surface area contributed by atoms with Gasteiger partial charge in [0.25, 0.3) is 0 Å². The zero-order valence-corrected chi connectivity index (χ0v) is 9.33. The average Bonchev–Trinajstić information content (AvgIpc) is 2.25. The van der Waals surface area contributed by atoms with Crippen LogP contribution in [0, 0.1) is 0 Å². The molecular weight excluding hydrogens is 196 g/mol. The van der Waals surface area contributed by atoms with Crippen molar-refractivity contribution in [2.24, 2.45) is 0 Å². The lowest BCUT2D eigenvalue weighted by Gasteiger charge is -2.12. The van der Waals surface area contributed by atoms with Crippen molar-refractivity contribution in [1.29, 1.82) is 0 Å². The van der Waals surface area contributed by atoms with Crippen molar-refractivity contribution in [3.63, 3.8) is 0 Å². The van der Waals surface area contributed by atoms with E-state index in [9.17, 15) is 4.79 Å². The van der Waals surface area contributed by atoms with Crippen molar-refractivity contribution in [2.75, 3.05) is 26.8 Å². The number of nitrogens with one attached hydrogen (secondary N) is 2. The first-order valence-corrected chi connectivity index (χ1v) is 5.40. The van der Waals surface area contributed by atoms with E-state index in [-0.39, 0.29) is 19.1 Å². The molecule has 5 heteroatoms. The predicted octanol–water partition coefficient (Wildman–Crippen LogP) is -0.764. The van der Waals surface area contributed by atoms with Crippen LogP contribution in [0.15, 0.2) is 0 Å². The molecule has 0 saturated carbocycles. The van der Waals surface area contributed by atoms with Gasteiger partial charge in [-0.3, -0.25) is 4.79 Å². The van der Waals surface area contributed by atoms with Gasteiger partial charge in [0, 0.05) is 6.42 Å². The van der Waals surface area contributed by atoms with Gasteiger partial charge >= 0.3 is 0 Å². The molecular formula is C10H22N2O3. The van der Waals surface area contributed by atoms with Gasteiger partial charge in [-0.1, -0.05) is 6.42 Å². The van der Waals surface area contributed by atoms with Crippen LogP contribution in [0.1, 0.15) is 25.7 Å². The van der Waals surface area contributed by atoms with E-state index >= 15 is 0 Å². The number of hydrogen-bond acceptors (Lipinski definition) is 4. The number of unbranched alkanes of at least 4 members (excludes halogenated alkanes) is 2. The Labute approximate surface area is 90.9 Å². The van der Waals surface area contributed by atoms with E-state index in [1.165, 1.54) is 0 Å². The van der Waals surface area contributed by atoms with Gasteiger partial charge < -0.3 is 20.8 Å². The third-order valence-electron chi connectivity index (χ3n) is 2.14. The summed E-state index contributed by atoms with van der Waals surface area (Å²) in [6, 6.07) is -0.519. The van der Waals surface area contributed by atoms with Gasteiger partial charge in [0.2, 0.25) is 5.91 Å². The van der Waals surface area contributed by atoms with Crippen molar-refractivity contribution < 1.29 is 15.0 Å². The van der Waals surface area contributed by atoms with Crippen LogP contribution in [-0.4, -0.2) is 49.0 Å². The molecule has 0 aromatic heterocycles. The molecule has 0 fully saturated rings. The van der Waals surface area contributed by atoms with Crippen molar-refractivity contribution in [3.05, 3.63) is 0 Å². The zero-order valence-electron chi connectivity index (χ0n) is 9.33. The van der Waals surface area contributed by atoms with E-state index in [0.717, 1.165) is 25.8 Å². The smallest absolute Gasteiger partial charge is 0.220 e. The molecule has 0 unspecified atom stereocenters. The van der Waals surface area contributed by atoms with E-state index in [1.807, 2.05) is 7.05 Å². The number of hydrogen-bond donors (Lipinski definition) is 4. The van der Waals surface area contributed by atoms with Gasteiger partial charge in [-0.2, -0.15) is 0 Å². The Hall–Kier alpha value is -0.650. The molecule has 4 N–H and O–H groups in total. The van der Waals surface area contributed by atoms with E-state index in [2.05, 4.69) is 10.6 Å². The molecule has 0 aromatic carbocycles. The fourth-order valence-corrected chi connectivity index (χ4v) is 1.21. The summed E-state index contributed by atoms with van der Waals surface area (Å²) in [7, 11) is 1.90. The van der Waals surface area contributed by atoms with Crippen LogP contribution in [0.2, 0.25) is 0 Å². The van der Waals surface area contributed by atoms with Gasteiger partial charge in [-0.25, -0.2) is 0 Å². The zero-order chi connectivity index (χ0) is 11.5. The topological polar surface area (TPSA) is 81.6 Å². The van der Waals surface area contributed by atoms with Crippen molar-refractivity contribution in [3.8, 4) is 0 Å². The Morgan fingerprint density at radius 1 is 1.20 bits per heavy atom. The van der Waals surface area contributed by atoms with Crippen LogP contribution in [-0.2, 0) is 4.79 Å². The van der Waals surface area contributed by atoms with Gasteiger partial charge in [-0.15, -0.1) is 0 Å². The van der Waals surface area contributed by atoms with Crippen LogP contribution < -0.4 is 10.6 Å². The van der Waals surface area contributed by atoms with Crippen LogP contribution >= 0.6 is 0 Å². The summed E-state index contributed by atoms with van der Waals surface area (Å²) in [4.78, 5) is 11.3. The Morgan fingerprint density at radius 3 is 2.40 bits per heavy atom. The number of rotatable bonds is 9. The number of carbonyl (C=O) groups is 1. The van der Waals surface area contributed by atoms with Gasteiger partial charge in [0.15, 0.2) is 0 Å². The van der Waals surface area contributed by atoms with E-state index in [4.69, 9.17) is 10.2 Å². The molecule has 0 aliphatic rings. The lowest BCUT2D eigenvalue weighted by molar-refractivity contribution is -0.122. The Kier molecular flexibility index (Phi) is 9.46. The van der Waals surface area contributed by atoms with Crippen molar-refractivity contribution in [1.82, 2.24) is 10.6 Å². The summed E-state index contributed by atoms with van der Waals surface area (Å²) in [5.41, 5.74) is 0. The molecule has 0 saturated heterocycles. The third-order valence-corrected chi connectivity index (χ3v) is 2.14. The first-order valence-electron chi connectivity index (χ1n) is 5.40. The van der Waals surface area contributed by atoms with E-state index < -0.39 is 6.04 Å². The quantitative estimate of drug-likeness (QED) is 0.383. The van der Waals surface area contributed by atoms with Crippen LogP contribution in [0.4, 0.5) is 0 Å². The summed E-state index contributed by atoms with van der Waals surface area (Å²) in [5.74, 6) is -0.104. The highest BCUT2D eigenvalue weighted by Crippen LogP contribution is 1.99. The monoisotopic (exact) mass is 218 g/mol. The summed E-state index contributed by atoms with van der Waals surface area (Å²) >= 11 is 0. The molecule has 15 heavy (non-hydrogen) atoms. The standard InChI is InChI=1S/C10H22N2O3/c1-11-6-4-2-3-5-10(15)12-9(7-13)8-14/h9,11,13-14H,2-8H2,1H3,(H,12,15). The first kappa shape index (κ1) is 14.3. The number of aliphatic hydroxyl groups is 2. The Morgan fingerprint density at radius 2 is 1.87 bits per heavy atom. The molecule has 0 aromatic rings. The minimum absolute atomic E-state index is 0.104. The maximum atomic E-state index is 11.3. The number of aliphatic hydroxyl groups excluding tert-OH is 2. The van der Waals surface area contributed by atoms with Gasteiger partial charge in [0.05, 0.1) is 19.3 Å². The largest absolute Gasteiger partial charge is 0.394 e. The molecule has 5 nitrogen and oxygen atoms in total. The first-order chi connectivity index (χ1) is 7.24. The van der Waals surface area contributed by atoms with Gasteiger partial charge in [-0.05, 0) is 26.4 Å². The predicted molar refractivity (Wildman–Crippen MR) is 58.5 cm³/mol. The molecule has 0 aliphatic heterocycles. The fourth-order valence-electron chi connectivity index (χ4n) is 1.21. The van der Waals surface area contributed by atoms with Gasteiger partial charge in [0.1, 0.15) is 0 Å². The maximum Gasteiger partial charge on any atom is 0.220 e. The Bertz CT molecular complexity index is 161. The molecule has 0 aliphatic carbocycles. The highest BCUT2D eigenvalue weighted by Gasteiger charge is 2.08. The fraction of sp³-hybridized carbons (Fsp3) is 0.900. The summed E-state index contributed by atoms with van der Waals surface area (Å²) in [6.07, 6.45) is 3.38. The van der Waals surface area contributed by atoms with E-state index in [0.29, 0.717) is 6.42 Å². The van der Waals surface area contributed by atoms with Crippen LogP contribution in [0.5, 0.6) is 0 Å². The number of amides is 1. The minimum Gasteiger partial charge on any atom is -0.394 e. The molecule has 0 atom stereocenters. The van der Waals surface area contributed by atoms with E-state index in [1.54, 1.807) is 0 Å². The highest BCUT2D eigenvalue weighted by molar-refractivity contribution is 5.76. The summed E-state index contributed by atoms with van der Waals surface area (Å²) in [5, 5.41) is 23.1. The molecule has 90 valence electrons. The van der Waals surface area contributed by atoms with Crippen LogP contribution in [0.3, 0.4) is 0 Å². The molecule has 0 spiro atoms. The minimum atomic E-state index is -0.519. The highest BCUT2D eigenvalue weighted by atomic mass is 16.3. The van der Waals surface area contributed by atoms with Crippen molar-refractivity contribution in [2.45, 2.75) is 31.7 Å². The summed E-state index contributed by atoms with van der Waals surface area (Å²) in [6.45, 7) is 0.529. The molecule has 0 rings (SSSR count). The second kappa shape index (κ2) is 9.89. The normalized spacial score (nSPS) is 10.7. The third kappa shape index (κ3) is 8.35. The molecule has 0 heterocycles. The Balaban J connectivity index is 3.40. The average molecular weight is 218 g/mol. The maximum absolute atomic E-state index is 11.3. The number of carbonyl (C=O) groups excluding carboxylic acids is 1. The lowest BCUT2D eigenvalue weighted by Crippen LogP contribution is -2.39. The lowest BCUT2D eigenvalue weighted by atomic mass is 10.2. The summed E-state index contributed by atoms with van der Waals surface area (Å²) < 4.78 is 0. The van der Waals surface area contributed by atoms with Crippen LogP contribution in [0.25, 0.3) is 0 Å². The second-order valence-electron chi connectivity index (χ2n) is 3.54. The molecule has 0 bridgehead atoms. The second-order valence-corrected chi connectivity index (χ2v) is 3.54.